The maximum Gasteiger partial charge on any atom is 0.329 e. The fourth-order valence-corrected chi connectivity index (χ4v) is 3.42. The van der Waals surface area contributed by atoms with Crippen molar-refractivity contribution >= 4 is 11.9 Å². The van der Waals surface area contributed by atoms with Crippen LogP contribution in [-0.2, 0) is 4.79 Å². The largest absolute Gasteiger partial charge is 0.480 e. The predicted molar refractivity (Wildman–Crippen MR) is 87.4 cm³/mol. The minimum atomic E-state index is -1.14. The Balaban J connectivity index is 2.18. The van der Waals surface area contributed by atoms with Gasteiger partial charge in [0.15, 0.2) is 0 Å². The van der Waals surface area contributed by atoms with Crippen molar-refractivity contribution in [2.45, 2.75) is 71.4 Å². The topological polar surface area (TPSA) is 84.2 Å². The predicted octanol–water partition coefficient (Wildman–Crippen LogP) is 2.93. The first-order valence-corrected chi connectivity index (χ1v) is 8.40. The van der Waals surface area contributed by atoms with Gasteiger partial charge in [-0.05, 0) is 52.4 Å². The molecule has 0 aliphatic heterocycles. The summed E-state index contributed by atoms with van der Waals surface area (Å²) in [4.78, 5) is 24.4. The normalized spacial score (nSPS) is 24.7. The van der Waals surface area contributed by atoms with E-state index in [1.807, 2.05) is 20.8 Å². The van der Waals surface area contributed by atoms with Gasteiger partial charge in [0.1, 0.15) is 5.54 Å². The highest BCUT2D eigenvalue weighted by atomic mass is 16.4. The Morgan fingerprint density at radius 1 is 1.43 bits per heavy atom. The van der Waals surface area contributed by atoms with E-state index in [-0.39, 0.29) is 11.9 Å². The number of rotatable bonds is 5. The highest BCUT2D eigenvalue weighted by Crippen LogP contribution is 2.34. The van der Waals surface area contributed by atoms with E-state index < -0.39 is 11.5 Å². The lowest BCUT2D eigenvalue weighted by atomic mass is 9.75. The Morgan fingerprint density at radius 2 is 2.04 bits per heavy atom. The van der Waals surface area contributed by atoms with Crippen LogP contribution in [0.3, 0.4) is 0 Å². The third kappa shape index (κ3) is 3.41. The van der Waals surface area contributed by atoms with Crippen molar-refractivity contribution in [3.63, 3.8) is 0 Å². The number of nitrogens with one attached hydrogen (secondary N) is 1. The van der Waals surface area contributed by atoms with Gasteiger partial charge in [-0.3, -0.25) is 9.48 Å². The quantitative estimate of drug-likeness (QED) is 0.873. The summed E-state index contributed by atoms with van der Waals surface area (Å²) in [5, 5.41) is 16.7. The lowest BCUT2D eigenvalue weighted by Gasteiger charge is -2.37. The number of aliphatic carboxylic acids is 1. The monoisotopic (exact) mass is 321 g/mol. The Morgan fingerprint density at radius 3 is 2.48 bits per heavy atom. The van der Waals surface area contributed by atoms with Crippen LogP contribution in [0.1, 0.15) is 75.0 Å². The molecule has 1 heterocycles. The van der Waals surface area contributed by atoms with Gasteiger partial charge in [-0.25, -0.2) is 4.79 Å². The SMILES string of the molecule is CCC1CCC(NC(=O)c2cnn(C(C)C)c2C)(C(=O)O)CC1. The van der Waals surface area contributed by atoms with E-state index in [1.54, 1.807) is 4.68 Å². The number of carboxylic acids is 1. The Labute approximate surface area is 137 Å². The maximum atomic E-state index is 12.6. The molecule has 23 heavy (non-hydrogen) atoms. The lowest BCUT2D eigenvalue weighted by Crippen LogP contribution is -2.56. The number of hydrogen-bond donors (Lipinski definition) is 2. The average Bonchev–Trinajstić information content (AvgIpc) is 2.89. The molecule has 1 amide bonds. The molecular weight excluding hydrogens is 294 g/mol. The molecule has 2 N–H and O–H groups in total. The Hall–Kier alpha value is -1.85. The molecule has 1 aliphatic rings. The van der Waals surface area contributed by atoms with Crippen LogP contribution in [0, 0.1) is 12.8 Å². The van der Waals surface area contributed by atoms with Crippen LogP contribution in [0.5, 0.6) is 0 Å². The molecule has 0 aromatic carbocycles. The van der Waals surface area contributed by atoms with E-state index in [0.717, 1.165) is 25.0 Å². The van der Waals surface area contributed by atoms with Gasteiger partial charge in [0, 0.05) is 11.7 Å². The van der Waals surface area contributed by atoms with Crippen molar-refractivity contribution < 1.29 is 14.7 Å². The summed E-state index contributed by atoms with van der Waals surface area (Å²) < 4.78 is 1.77. The number of carbonyl (C=O) groups is 2. The molecule has 2 rings (SSSR count). The minimum Gasteiger partial charge on any atom is -0.480 e. The molecule has 1 aliphatic carbocycles. The lowest BCUT2D eigenvalue weighted by molar-refractivity contribution is -0.146. The smallest absolute Gasteiger partial charge is 0.329 e. The van der Waals surface area contributed by atoms with E-state index in [2.05, 4.69) is 17.3 Å². The van der Waals surface area contributed by atoms with Crippen LogP contribution in [-0.4, -0.2) is 32.3 Å². The number of hydrogen-bond acceptors (Lipinski definition) is 3. The summed E-state index contributed by atoms with van der Waals surface area (Å²) in [7, 11) is 0. The van der Waals surface area contributed by atoms with Crippen LogP contribution < -0.4 is 5.32 Å². The second-order valence-corrected chi connectivity index (χ2v) is 6.87. The van der Waals surface area contributed by atoms with E-state index in [1.165, 1.54) is 6.20 Å². The molecule has 1 aromatic heterocycles. The van der Waals surface area contributed by atoms with Crippen LogP contribution >= 0.6 is 0 Å². The van der Waals surface area contributed by atoms with Gasteiger partial charge < -0.3 is 10.4 Å². The zero-order chi connectivity index (χ0) is 17.2. The summed E-state index contributed by atoms with van der Waals surface area (Å²) in [6.45, 7) is 7.95. The second kappa shape index (κ2) is 6.72. The molecule has 128 valence electrons. The van der Waals surface area contributed by atoms with E-state index in [0.29, 0.717) is 24.3 Å². The molecule has 0 radical (unpaired) electrons. The minimum absolute atomic E-state index is 0.157. The van der Waals surface area contributed by atoms with Crippen molar-refractivity contribution in [2.75, 3.05) is 0 Å². The molecule has 1 saturated carbocycles. The molecule has 0 saturated heterocycles. The summed E-state index contributed by atoms with van der Waals surface area (Å²) in [6.07, 6.45) is 5.25. The van der Waals surface area contributed by atoms with Crippen molar-refractivity contribution in [1.82, 2.24) is 15.1 Å². The molecule has 0 unspecified atom stereocenters. The van der Waals surface area contributed by atoms with Crippen molar-refractivity contribution in [1.29, 1.82) is 0 Å². The fraction of sp³-hybridized carbons (Fsp3) is 0.706. The van der Waals surface area contributed by atoms with Gasteiger partial charge in [0.2, 0.25) is 0 Å². The van der Waals surface area contributed by atoms with E-state index in [9.17, 15) is 14.7 Å². The molecule has 6 nitrogen and oxygen atoms in total. The second-order valence-electron chi connectivity index (χ2n) is 6.87. The third-order valence-electron chi connectivity index (χ3n) is 5.08. The van der Waals surface area contributed by atoms with Crippen LogP contribution in [0.25, 0.3) is 0 Å². The summed E-state index contributed by atoms with van der Waals surface area (Å²) in [5.74, 6) is -0.717. The third-order valence-corrected chi connectivity index (χ3v) is 5.08. The van der Waals surface area contributed by atoms with Gasteiger partial charge in [-0.2, -0.15) is 5.10 Å². The molecule has 0 spiro atoms. The first kappa shape index (κ1) is 17.5. The van der Waals surface area contributed by atoms with Crippen molar-refractivity contribution in [3.05, 3.63) is 17.5 Å². The zero-order valence-electron chi connectivity index (χ0n) is 14.4. The first-order valence-electron chi connectivity index (χ1n) is 8.40. The molecule has 1 aromatic rings. The van der Waals surface area contributed by atoms with Crippen molar-refractivity contribution in [3.8, 4) is 0 Å². The first-order chi connectivity index (χ1) is 10.8. The Bertz CT molecular complexity index is 584. The fourth-order valence-electron chi connectivity index (χ4n) is 3.42. The number of nitrogens with zero attached hydrogens (tertiary/aromatic N) is 2. The molecule has 6 heteroatoms. The standard InChI is InChI=1S/C17H27N3O3/c1-5-13-6-8-17(9-7-13,16(22)23)19-15(21)14-10-18-20(11(2)3)12(14)4/h10-11,13H,5-9H2,1-4H3,(H,19,21)(H,22,23). The van der Waals surface area contributed by atoms with Crippen LogP contribution in [0.15, 0.2) is 6.20 Å². The zero-order valence-corrected chi connectivity index (χ0v) is 14.4. The summed E-state index contributed by atoms with van der Waals surface area (Å²) >= 11 is 0. The summed E-state index contributed by atoms with van der Waals surface area (Å²) in [6, 6.07) is 0.157. The Kier molecular flexibility index (Phi) is 5.12. The molecular formula is C17H27N3O3. The molecule has 1 fully saturated rings. The number of carboxylic acid groups (broad SMARTS) is 1. The molecule has 0 atom stereocenters. The maximum absolute atomic E-state index is 12.6. The number of amides is 1. The van der Waals surface area contributed by atoms with Gasteiger partial charge in [0.05, 0.1) is 11.8 Å². The highest BCUT2D eigenvalue weighted by molar-refractivity contribution is 5.98. The van der Waals surface area contributed by atoms with E-state index >= 15 is 0 Å². The van der Waals surface area contributed by atoms with Gasteiger partial charge >= 0.3 is 5.97 Å². The number of aromatic nitrogens is 2. The van der Waals surface area contributed by atoms with E-state index in [4.69, 9.17) is 0 Å². The summed E-state index contributed by atoms with van der Waals surface area (Å²) in [5.41, 5.74) is 0.0759. The van der Waals surface area contributed by atoms with Gasteiger partial charge in [0.25, 0.3) is 5.91 Å². The number of carbonyl (C=O) groups excluding carboxylic acids is 1. The van der Waals surface area contributed by atoms with Crippen molar-refractivity contribution in [2.24, 2.45) is 5.92 Å². The van der Waals surface area contributed by atoms with Gasteiger partial charge in [-0.15, -0.1) is 0 Å². The highest BCUT2D eigenvalue weighted by Gasteiger charge is 2.43. The molecule has 0 bridgehead atoms. The van der Waals surface area contributed by atoms with Crippen LogP contribution in [0.4, 0.5) is 0 Å². The average molecular weight is 321 g/mol. The van der Waals surface area contributed by atoms with Crippen LogP contribution in [0.2, 0.25) is 0 Å². The van der Waals surface area contributed by atoms with Gasteiger partial charge in [-0.1, -0.05) is 13.3 Å².